The van der Waals surface area contributed by atoms with Crippen molar-refractivity contribution in [1.29, 1.82) is 0 Å². The molecular weight excluding hydrogens is 400 g/mol. The van der Waals surface area contributed by atoms with Gasteiger partial charge in [-0.1, -0.05) is 41.9 Å². The maximum atomic E-state index is 13.3. The highest BCUT2D eigenvalue weighted by atomic mass is 35.5. The van der Waals surface area contributed by atoms with E-state index in [1.54, 1.807) is 23.2 Å². The molecule has 0 saturated carbocycles. The molecule has 0 bridgehead atoms. The lowest BCUT2D eigenvalue weighted by Crippen LogP contribution is -2.66. The number of para-hydroxylation sites is 1. The molecule has 1 fully saturated rings. The van der Waals surface area contributed by atoms with Crippen LogP contribution in [0.2, 0.25) is 5.02 Å². The lowest BCUT2D eigenvalue weighted by molar-refractivity contribution is -0.163. The molecule has 5 rings (SSSR count). The fraction of sp³-hybridized carbons (Fsp3) is 0.261. The Morgan fingerprint density at radius 3 is 2.77 bits per heavy atom. The highest BCUT2D eigenvalue weighted by Gasteiger charge is 2.51. The predicted molar refractivity (Wildman–Crippen MR) is 116 cm³/mol. The first-order valence-corrected chi connectivity index (χ1v) is 10.3. The number of carbonyl (C=O) groups excluding carboxylic acids is 2. The van der Waals surface area contributed by atoms with Crippen molar-refractivity contribution in [2.24, 2.45) is 5.10 Å². The summed E-state index contributed by atoms with van der Waals surface area (Å²) in [6.07, 6.45) is 2.04. The Morgan fingerprint density at radius 1 is 1.17 bits per heavy atom. The van der Waals surface area contributed by atoms with Crippen molar-refractivity contribution < 1.29 is 9.59 Å². The Labute approximate surface area is 179 Å². The van der Waals surface area contributed by atoms with Crippen molar-refractivity contribution >= 4 is 40.5 Å². The molecule has 3 aromatic rings. The van der Waals surface area contributed by atoms with Crippen molar-refractivity contribution in [2.45, 2.75) is 31.8 Å². The average molecular weight is 421 g/mol. The normalized spacial score (nSPS) is 20.7. The maximum Gasteiger partial charge on any atom is 0.266 e. The van der Waals surface area contributed by atoms with Gasteiger partial charge in [0.05, 0.1) is 11.8 Å². The number of halogens is 1. The summed E-state index contributed by atoms with van der Waals surface area (Å²) in [5.74, 6) is -0.283. The molecule has 1 N–H and O–H groups in total. The van der Waals surface area contributed by atoms with Gasteiger partial charge in [-0.2, -0.15) is 5.10 Å². The Hall–Kier alpha value is -3.12. The van der Waals surface area contributed by atoms with Crippen LogP contribution in [0.25, 0.3) is 10.9 Å². The highest BCUT2D eigenvalue weighted by Crippen LogP contribution is 2.42. The van der Waals surface area contributed by atoms with E-state index in [1.165, 1.54) is 5.01 Å². The molecule has 152 valence electrons. The number of benzene rings is 2. The Morgan fingerprint density at radius 2 is 1.97 bits per heavy atom. The molecule has 6 nitrogen and oxygen atoms in total. The zero-order chi connectivity index (χ0) is 21.0. The summed E-state index contributed by atoms with van der Waals surface area (Å²) in [7, 11) is 0. The van der Waals surface area contributed by atoms with Crippen LogP contribution in [0.5, 0.6) is 0 Å². The number of amides is 2. The number of rotatable bonds is 2. The number of fused-ring (bicyclic) bond motifs is 4. The van der Waals surface area contributed by atoms with E-state index < -0.39 is 11.6 Å². The maximum absolute atomic E-state index is 13.3. The average Bonchev–Trinajstić information content (AvgIpc) is 3.09. The van der Waals surface area contributed by atoms with Crippen molar-refractivity contribution in [2.75, 3.05) is 6.54 Å². The summed E-state index contributed by atoms with van der Waals surface area (Å²) in [5.41, 5.74) is 3.27. The molecule has 2 aliphatic heterocycles. The lowest BCUT2D eigenvalue weighted by atomic mass is 9.82. The highest BCUT2D eigenvalue weighted by molar-refractivity contribution is 6.30. The Bertz CT molecular complexity index is 1210. The minimum Gasteiger partial charge on any atom is -0.356 e. The number of aromatic amines is 1. The van der Waals surface area contributed by atoms with Crippen molar-refractivity contribution in [3.8, 4) is 0 Å². The smallest absolute Gasteiger partial charge is 0.266 e. The summed E-state index contributed by atoms with van der Waals surface area (Å²) >= 11 is 6.02. The van der Waals surface area contributed by atoms with Gasteiger partial charge in [-0.15, -0.1) is 0 Å². The minimum atomic E-state index is -0.618. The zero-order valence-corrected chi connectivity index (χ0v) is 17.5. The molecule has 3 heterocycles. The number of hydrazone groups is 1. The summed E-state index contributed by atoms with van der Waals surface area (Å²) < 4.78 is 0. The van der Waals surface area contributed by atoms with E-state index in [4.69, 9.17) is 11.6 Å². The fourth-order valence-corrected chi connectivity index (χ4v) is 4.89. The van der Waals surface area contributed by atoms with Gasteiger partial charge in [-0.3, -0.25) is 9.59 Å². The molecule has 30 heavy (non-hydrogen) atoms. The van der Waals surface area contributed by atoms with Gasteiger partial charge in [0, 0.05) is 28.0 Å². The van der Waals surface area contributed by atoms with Gasteiger partial charge in [0.25, 0.3) is 5.91 Å². The molecule has 2 aliphatic rings. The van der Waals surface area contributed by atoms with Gasteiger partial charge < -0.3 is 9.88 Å². The van der Waals surface area contributed by atoms with Gasteiger partial charge in [0.15, 0.2) is 0 Å². The van der Waals surface area contributed by atoms with Crippen LogP contribution in [0.1, 0.15) is 30.7 Å². The first-order valence-electron chi connectivity index (χ1n) is 9.89. The van der Waals surface area contributed by atoms with Crippen LogP contribution in [0, 0.1) is 0 Å². The molecule has 2 aromatic carbocycles. The largest absolute Gasteiger partial charge is 0.356 e. The molecule has 7 heteroatoms. The predicted octanol–water partition coefficient (Wildman–Crippen LogP) is 3.69. The third-order valence-electron chi connectivity index (χ3n) is 6.02. The third-order valence-corrected chi connectivity index (χ3v) is 6.26. The Kier molecular flexibility index (Phi) is 4.22. The number of hydrogen-bond donors (Lipinski definition) is 1. The quantitative estimate of drug-likeness (QED) is 0.642. The van der Waals surface area contributed by atoms with Gasteiger partial charge >= 0.3 is 0 Å². The topological polar surface area (TPSA) is 68.8 Å². The van der Waals surface area contributed by atoms with Crippen LogP contribution in [-0.4, -0.2) is 45.5 Å². The molecule has 0 spiro atoms. The molecule has 0 unspecified atom stereocenters. The Balaban J connectivity index is 1.52. The number of carbonyl (C=O) groups is 2. The minimum absolute atomic E-state index is 0.0780. The summed E-state index contributed by atoms with van der Waals surface area (Å²) in [5, 5.41) is 7.28. The van der Waals surface area contributed by atoms with E-state index in [2.05, 4.69) is 16.2 Å². The lowest BCUT2D eigenvalue weighted by Gasteiger charge is -2.50. The summed E-state index contributed by atoms with van der Waals surface area (Å²) in [4.78, 5) is 31.6. The summed E-state index contributed by atoms with van der Waals surface area (Å²) in [6, 6.07) is 14.7. The number of piperazine rings is 1. The van der Waals surface area contributed by atoms with E-state index in [1.807, 2.05) is 44.2 Å². The second-order valence-electron chi connectivity index (χ2n) is 8.26. The van der Waals surface area contributed by atoms with Crippen LogP contribution in [0.4, 0.5) is 0 Å². The van der Waals surface area contributed by atoms with E-state index in [0.717, 1.165) is 27.7 Å². The van der Waals surface area contributed by atoms with Crippen molar-refractivity contribution in [1.82, 2.24) is 14.9 Å². The molecule has 1 atom stereocenters. The van der Waals surface area contributed by atoms with Gasteiger partial charge in [0.1, 0.15) is 12.6 Å². The fourth-order valence-electron chi connectivity index (χ4n) is 4.69. The number of nitrogens with one attached hydrogen (secondary N) is 1. The third kappa shape index (κ3) is 2.82. The second kappa shape index (κ2) is 6.71. The van der Waals surface area contributed by atoms with Crippen molar-refractivity contribution in [3.63, 3.8) is 0 Å². The first kappa shape index (κ1) is 18.9. The van der Waals surface area contributed by atoms with Crippen LogP contribution in [0.15, 0.2) is 53.6 Å². The molecule has 1 aromatic heterocycles. The molecule has 0 radical (unpaired) electrons. The van der Waals surface area contributed by atoms with Gasteiger partial charge in [0.2, 0.25) is 5.91 Å². The SMILES string of the molecule is CC1(C)c2[nH]c3ccccc3c2C[C@H]2C(=O)N(/N=C/c3cccc(Cl)c3)CC(=O)N21. The van der Waals surface area contributed by atoms with E-state index in [-0.39, 0.29) is 18.4 Å². The van der Waals surface area contributed by atoms with Crippen LogP contribution >= 0.6 is 11.6 Å². The number of nitrogens with zero attached hydrogens (tertiary/aromatic N) is 3. The first-order chi connectivity index (χ1) is 14.4. The number of aromatic nitrogens is 1. The molecule has 2 amide bonds. The standard InChI is InChI=1S/C23H21ClN4O2/c1-23(2)21-17(16-8-3-4-9-18(16)26-21)11-19-22(30)27(13-20(29)28(19)23)25-12-14-6-5-7-15(24)10-14/h3-10,12,19,26H,11,13H2,1-2H3/b25-12+/t19-/m0/s1. The monoisotopic (exact) mass is 420 g/mol. The van der Waals surface area contributed by atoms with Crippen LogP contribution < -0.4 is 0 Å². The van der Waals surface area contributed by atoms with Crippen molar-refractivity contribution in [3.05, 3.63) is 70.4 Å². The van der Waals surface area contributed by atoms with Crippen LogP contribution in [0.3, 0.4) is 0 Å². The van der Waals surface area contributed by atoms with Gasteiger partial charge in [-0.05, 0) is 43.2 Å². The van der Waals surface area contributed by atoms with Gasteiger partial charge in [-0.25, -0.2) is 5.01 Å². The summed E-state index contributed by atoms with van der Waals surface area (Å²) in [6.45, 7) is 3.90. The zero-order valence-electron chi connectivity index (χ0n) is 16.7. The second-order valence-corrected chi connectivity index (χ2v) is 8.70. The number of hydrogen-bond acceptors (Lipinski definition) is 3. The number of H-pyrrole nitrogens is 1. The van der Waals surface area contributed by atoms with Crippen LogP contribution in [-0.2, 0) is 21.5 Å². The van der Waals surface area contributed by atoms with E-state index in [0.29, 0.717) is 11.4 Å². The van der Waals surface area contributed by atoms with E-state index >= 15 is 0 Å². The molecule has 0 aliphatic carbocycles. The van der Waals surface area contributed by atoms with E-state index in [9.17, 15) is 9.59 Å². The molecular formula is C23H21ClN4O2. The molecule has 1 saturated heterocycles.